The van der Waals surface area contributed by atoms with Gasteiger partial charge in [0.05, 0.1) is 12.1 Å². The summed E-state index contributed by atoms with van der Waals surface area (Å²) in [6, 6.07) is -0.144. The van der Waals surface area contributed by atoms with Crippen LogP contribution in [0.25, 0.3) is 0 Å². The fraction of sp³-hybridized carbons (Fsp3) is 0.909. The zero-order chi connectivity index (χ0) is 12.0. The Bertz CT molecular complexity index is 219. The minimum absolute atomic E-state index is 0.0103. The predicted octanol–water partition coefficient (Wildman–Crippen LogP) is 0.252. The molecular weight excluding hydrogens is 208 g/mol. The molecule has 0 aliphatic carbocycles. The largest absolute Gasteiger partial charge is 0.355 e. The van der Waals surface area contributed by atoms with Gasteiger partial charge in [-0.3, -0.25) is 10.1 Å². The zero-order valence-corrected chi connectivity index (χ0v) is 10.3. The van der Waals surface area contributed by atoms with Crippen molar-refractivity contribution in [1.29, 1.82) is 0 Å². The molecule has 1 saturated heterocycles. The Morgan fingerprint density at radius 3 is 2.69 bits per heavy atom. The molecule has 2 N–H and O–H groups in total. The Kier molecular flexibility index (Phi) is 5.73. The second-order valence-electron chi connectivity index (χ2n) is 4.13. The number of carbonyl (C=O) groups excluding carboxylic acids is 1. The van der Waals surface area contributed by atoms with Gasteiger partial charge in [0, 0.05) is 20.8 Å². The molecule has 1 aliphatic rings. The molecule has 5 heteroatoms. The molecule has 16 heavy (non-hydrogen) atoms. The van der Waals surface area contributed by atoms with Crippen molar-refractivity contribution < 1.29 is 14.3 Å². The fourth-order valence-electron chi connectivity index (χ4n) is 2.00. The van der Waals surface area contributed by atoms with Crippen molar-refractivity contribution in [1.82, 2.24) is 10.6 Å². The molecule has 1 aliphatic heterocycles. The Labute approximate surface area is 96.9 Å². The summed E-state index contributed by atoms with van der Waals surface area (Å²) in [7, 11) is 3.19. The van der Waals surface area contributed by atoms with E-state index < -0.39 is 0 Å². The second kappa shape index (κ2) is 6.83. The van der Waals surface area contributed by atoms with Crippen molar-refractivity contribution in [3.05, 3.63) is 0 Å². The van der Waals surface area contributed by atoms with Gasteiger partial charge in [0.25, 0.3) is 0 Å². The molecule has 1 fully saturated rings. The van der Waals surface area contributed by atoms with Crippen molar-refractivity contribution in [2.75, 3.05) is 20.8 Å². The number of hydrogen-bond acceptors (Lipinski definition) is 4. The van der Waals surface area contributed by atoms with Gasteiger partial charge in [-0.1, -0.05) is 0 Å². The number of methoxy groups -OCH3 is 2. The molecule has 5 nitrogen and oxygen atoms in total. The molecule has 1 heterocycles. The van der Waals surface area contributed by atoms with Crippen LogP contribution in [-0.2, 0) is 14.3 Å². The van der Waals surface area contributed by atoms with Crippen LogP contribution < -0.4 is 10.6 Å². The summed E-state index contributed by atoms with van der Waals surface area (Å²) in [5.41, 5.74) is 0. The topological polar surface area (TPSA) is 59.6 Å². The molecule has 0 aromatic carbocycles. The molecule has 0 radical (unpaired) electrons. The average Bonchev–Trinajstić information content (AvgIpc) is 2.46. The highest BCUT2D eigenvalue weighted by molar-refractivity contribution is 5.81. The van der Waals surface area contributed by atoms with Crippen LogP contribution in [0.3, 0.4) is 0 Å². The van der Waals surface area contributed by atoms with E-state index in [2.05, 4.69) is 10.6 Å². The molecule has 94 valence electrons. The summed E-state index contributed by atoms with van der Waals surface area (Å²) in [6.45, 7) is 2.74. The van der Waals surface area contributed by atoms with Crippen molar-refractivity contribution in [3.8, 4) is 0 Å². The molecule has 2 atom stereocenters. The van der Waals surface area contributed by atoms with Gasteiger partial charge in [-0.15, -0.1) is 0 Å². The van der Waals surface area contributed by atoms with Gasteiger partial charge in [-0.2, -0.15) is 0 Å². The lowest BCUT2D eigenvalue weighted by Crippen LogP contribution is -2.50. The number of rotatable bonds is 5. The lowest BCUT2D eigenvalue weighted by atomic mass is 10.1. The first-order chi connectivity index (χ1) is 7.69. The normalized spacial score (nSPS) is 24.0. The second-order valence-corrected chi connectivity index (χ2v) is 4.13. The van der Waals surface area contributed by atoms with E-state index in [4.69, 9.17) is 9.47 Å². The standard InChI is InChI=1S/C11H22N2O3/c1-8(11(15-2)16-3)13-9-6-4-5-7-12-10(9)14/h8-9,11,13H,4-7H2,1-3H3,(H,12,14). The minimum atomic E-state index is -0.323. The van der Waals surface area contributed by atoms with Crippen LogP contribution in [-0.4, -0.2) is 45.0 Å². The van der Waals surface area contributed by atoms with Crippen LogP contribution in [0.2, 0.25) is 0 Å². The van der Waals surface area contributed by atoms with Gasteiger partial charge >= 0.3 is 0 Å². The van der Waals surface area contributed by atoms with E-state index in [0.717, 1.165) is 25.8 Å². The van der Waals surface area contributed by atoms with Gasteiger partial charge < -0.3 is 14.8 Å². The third-order valence-electron chi connectivity index (χ3n) is 2.87. The van der Waals surface area contributed by atoms with Crippen molar-refractivity contribution >= 4 is 5.91 Å². The number of amides is 1. The fourth-order valence-corrected chi connectivity index (χ4v) is 2.00. The Morgan fingerprint density at radius 2 is 2.06 bits per heavy atom. The Balaban J connectivity index is 2.47. The summed E-state index contributed by atoms with van der Waals surface area (Å²) in [5, 5.41) is 6.14. The SMILES string of the molecule is COC(OC)C(C)NC1CCCCNC1=O. The minimum Gasteiger partial charge on any atom is -0.355 e. The lowest BCUT2D eigenvalue weighted by Gasteiger charge is -2.26. The summed E-state index contributed by atoms with van der Waals surface area (Å²) in [6.07, 6.45) is 2.66. The van der Waals surface area contributed by atoms with E-state index in [1.807, 2.05) is 6.92 Å². The summed E-state index contributed by atoms with van der Waals surface area (Å²) in [5.74, 6) is 0.0790. The van der Waals surface area contributed by atoms with Gasteiger partial charge in [0.1, 0.15) is 0 Å². The summed E-state index contributed by atoms with van der Waals surface area (Å²) >= 11 is 0. The van der Waals surface area contributed by atoms with E-state index in [1.54, 1.807) is 14.2 Å². The van der Waals surface area contributed by atoms with Crippen LogP contribution in [0, 0.1) is 0 Å². The maximum Gasteiger partial charge on any atom is 0.237 e. The van der Waals surface area contributed by atoms with Crippen LogP contribution in [0.1, 0.15) is 26.2 Å². The van der Waals surface area contributed by atoms with Crippen LogP contribution in [0.5, 0.6) is 0 Å². The van der Waals surface area contributed by atoms with E-state index in [1.165, 1.54) is 0 Å². The number of nitrogens with one attached hydrogen (secondary N) is 2. The number of carbonyl (C=O) groups is 1. The van der Waals surface area contributed by atoms with Gasteiger partial charge in [0.2, 0.25) is 5.91 Å². The first-order valence-electron chi connectivity index (χ1n) is 5.78. The third-order valence-corrected chi connectivity index (χ3v) is 2.87. The van der Waals surface area contributed by atoms with Gasteiger partial charge in [-0.05, 0) is 26.2 Å². The molecule has 0 aromatic rings. The van der Waals surface area contributed by atoms with Crippen LogP contribution >= 0.6 is 0 Å². The monoisotopic (exact) mass is 230 g/mol. The average molecular weight is 230 g/mol. The van der Waals surface area contributed by atoms with Crippen molar-refractivity contribution in [2.24, 2.45) is 0 Å². The molecule has 2 unspecified atom stereocenters. The molecule has 1 rings (SSSR count). The maximum atomic E-state index is 11.7. The molecule has 0 spiro atoms. The first-order valence-corrected chi connectivity index (χ1v) is 5.78. The number of hydrogen-bond donors (Lipinski definition) is 2. The molecule has 0 saturated carbocycles. The van der Waals surface area contributed by atoms with Crippen molar-refractivity contribution in [2.45, 2.75) is 44.6 Å². The van der Waals surface area contributed by atoms with Gasteiger partial charge in [0.15, 0.2) is 6.29 Å². The quantitative estimate of drug-likeness (QED) is 0.665. The molecule has 0 aromatic heterocycles. The summed E-state index contributed by atoms with van der Waals surface area (Å²) in [4.78, 5) is 11.7. The number of ether oxygens (including phenoxy) is 2. The highest BCUT2D eigenvalue weighted by Crippen LogP contribution is 2.08. The highest BCUT2D eigenvalue weighted by atomic mass is 16.7. The van der Waals surface area contributed by atoms with Gasteiger partial charge in [-0.25, -0.2) is 0 Å². The smallest absolute Gasteiger partial charge is 0.237 e. The van der Waals surface area contributed by atoms with Crippen molar-refractivity contribution in [3.63, 3.8) is 0 Å². The molecule has 1 amide bonds. The summed E-state index contributed by atoms with van der Waals surface area (Å²) < 4.78 is 10.3. The van der Waals surface area contributed by atoms with E-state index in [0.29, 0.717) is 0 Å². The van der Waals surface area contributed by atoms with E-state index in [-0.39, 0.29) is 24.3 Å². The maximum absolute atomic E-state index is 11.7. The molecule has 0 bridgehead atoms. The highest BCUT2D eigenvalue weighted by Gasteiger charge is 2.25. The Morgan fingerprint density at radius 1 is 1.38 bits per heavy atom. The third kappa shape index (κ3) is 3.73. The van der Waals surface area contributed by atoms with E-state index >= 15 is 0 Å². The predicted molar refractivity (Wildman–Crippen MR) is 61.1 cm³/mol. The zero-order valence-electron chi connectivity index (χ0n) is 10.3. The Hall–Kier alpha value is -0.650. The lowest BCUT2D eigenvalue weighted by molar-refractivity contribution is -0.130. The van der Waals surface area contributed by atoms with Crippen LogP contribution in [0.15, 0.2) is 0 Å². The molecular formula is C11H22N2O3. The van der Waals surface area contributed by atoms with Crippen LogP contribution in [0.4, 0.5) is 0 Å². The first kappa shape index (κ1) is 13.4. The van der Waals surface area contributed by atoms with E-state index in [9.17, 15) is 4.79 Å².